The number of thiol groups is 1. The zero-order valence-electron chi connectivity index (χ0n) is 16.6. The molecular weight excluding hydrogens is 453 g/mol. The molecule has 0 radical (unpaired) electrons. The van der Waals surface area contributed by atoms with Crippen LogP contribution in [0, 0.1) is 0 Å². The number of aliphatic hydroxyl groups excluding tert-OH is 1. The average Bonchev–Trinajstić information content (AvgIpc) is 2.72. The maximum Gasteiger partial charge on any atom is 0.421 e. The lowest BCUT2D eigenvalue weighted by Gasteiger charge is -2.41. The Bertz CT molecular complexity index is 1030. The molecule has 0 spiro atoms. The van der Waals surface area contributed by atoms with Gasteiger partial charge in [0.15, 0.2) is 5.60 Å². The summed E-state index contributed by atoms with van der Waals surface area (Å²) in [5.74, 6) is 0. The van der Waals surface area contributed by atoms with Crippen LogP contribution < -0.4 is 4.90 Å². The van der Waals surface area contributed by atoms with Crippen LogP contribution in [0.3, 0.4) is 0 Å². The highest BCUT2D eigenvalue weighted by Crippen LogP contribution is 2.39. The van der Waals surface area contributed by atoms with Gasteiger partial charge < -0.3 is 15.1 Å². The van der Waals surface area contributed by atoms with E-state index in [1.807, 2.05) is 0 Å². The molecule has 31 heavy (non-hydrogen) atoms. The van der Waals surface area contributed by atoms with Gasteiger partial charge in [0, 0.05) is 30.2 Å². The van der Waals surface area contributed by atoms with Gasteiger partial charge in [-0.05, 0) is 36.8 Å². The SMILES string of the molecule is CC(O)(c1ccc(N2CCN(S(=O)(=O)c3ccccc3S)C[C@@H]2CO)cc1)C(F)(F)F. The van der Waals surface area contributed by atoms with E-state index in [0.29, 0.717) is 17.5 Å². The maximum atomic E-state index is 13.1. The molecule has 0 amide bonds. The summed E-state index contributed by atoms with van der Waals surface area (Å²) in [4.78, 5) is 2.13. The van der Waals surface area contributed by atoms with Crippen molar-refractivity contribution in [1.82, 2.24) is 4.31 Å². The third kappa shape index (κ3) is 4.56. The minimum atomic E-state index is -4.83. The maximum absolute atomic E-state index is 13.1. The molecule has 1 heterocycles. The van der Waals surface area contributed by atoms with Crippen LogP contribution >= 0.6 is 12.6 Å². The van der Waals surface area contributed by atoms with Crippen molar-refractivity contribution in [2.24, 2.45) is 0 Å². The van der Waals surface area contributed by atoms with E-state index in [1.165, 1.54) is 34.6 Å². The average molecular weight is 477 g/mol. The second-order valence-electron chi connectivity index (χ2n) is 7.48. The van der Waals surface area contributed by atoms with Crippen molar-refractivity contribution >= 4 is 28.3 Å². The number of benzene rings is 2. The number of hydrogen-bond donors (Lipinski definition) is 3. The zero-order chi connectivity index (χ0) is 23.0. The Morgan fingerprint density at radius 3 is 2.26 bits per heavy atom. The van der Waals surface area contributed by atoms with Crippen molar-refractivity contribution < 1.29 is 31.8 Å². The first-order valence-corrected chi connectivity index (χ1v) is 11.3. The third-order valence-corrected chi connectivity index (χ3v) is 7.92. The van der Waals surface area contributed by atoms with Crippen LogP contribution in [0.2, 0.25) is 0 Å². The lowest BCUT2D eigenvalue weighted by Crippen LogP contribution is -2.56. The molecule has 1 saturated heterocycles. The highest BCUT2D eigenvalue weighted by Gasteiger charge is 2.51. The first-order chi connectivity index (χ1) is 14.4. The largest absolute Gasteiger partial charge is 0.421 e. The quantitative estimate of drug-likeness (QED) is 0.578. The predicted molar refractivity (Wildman–Crippen MR) is 113 cm³/mol. The van der Waals surface area contributed by atoms with Crippen LogP contribution in [0.25, 0.3) is 0 Å². The summed E-state index contributed by atoms with van der Waals surface area (Å²) < 4.78 is 66.4. The van der Waals surface area contributed by atoms with Crippen molar-refractivity contribution in [3.05, 3.63) is 54.1 Å². The molecule has 170 valence electrons. The number of aliphatic hydroxyl groups is 2. The highest BCUT2D eigenvalue weighted by atomic mass is 32.2. The summed E-state index contributed by atoms with van der Waals surface area (Å²) in [6.45, 7) is 0.693. The molecule has 2 aromatic carbocycles. The molecule has 2 atom stereocenters. The first kappa shape index (κ1) is 23.9. The molecule has 3 rings (SSSR count). The zero-order valence-corrected chi connectivity index (χ0v) is 18.3. The molecule has 0 aliphatic carbocycles. The second-order valence-corrected chi connectivity index (χ2v) is 9.87. The second kappa shape index (κ2) is 8.62. The third-order valence-electron chi connectivity index (χ3n) is 5.45. The molecule has 0 aromatic heterocycles. The van der Waals surface area contributed by atoms with E-state index in [-0.39, 0.29) is 36.7 Å². The van der Waals surface area contributed by atoms with Gasteiger partial charge in [-0.2, -0.15) is 17.5 Å². The highest BCUT2D eigenvalue weighted by molar-refractivity contribution is 7.90. The minimum absolute atomic E-state index is 0.00294. The minimum Gasteiger partial charge on any atom is -0.394 e. The van der Waals surface area contributed by atoms with Gasteiger partial charge in [0.1, 0.15) is 0 Å². The normalized spacial score (nSPS) is 20.5. The van der Waals surface area contributed by atoms with E-state index in [2.05, 4.69) is 12.6 Å². The Morgan fingerprint density at radius 1 is 1.10 bits per heavy atom. The number of hydrogen-bond acceptors (Lipinski definition) is 6. The number of piperazine rings is 1. The Morgan fingerprint density at radius 2 is 1.71 bits per heavy atom. The van der Waals surface area contributed by atoms with Crippen molar-refractivity contribution in [2.45, 2.75) is 34.5 Å². The van der Waals surface area contributed by atoms with Gasteiger partial charge in [-0.25, -0.2) is 8.42 Å². The summed E-state index contributed by atoms with van der Waals surface area (Å²) in [5.41, 5.74) is -2.78. The molecule has 6 nitrogen and oxygen atoms in total. The standard InChI is InChI=1S/C20H23F3N2O4S2/c1-19(27,20(21,22)23)14-6-8-15(9-7-14)25-11-10-24(12-16(25)13-26)31(28,29)18-5-3-2-4-17(18)30/h2-9,16,26-27,30H,10-13H2,1H3/t16-,19?/m1/s1. The van der Waals surface area contributed by atoms with Crippen molar-refractivity contribution in [2.75, 3.05) is 31.1 Å². The van der Waals surface area contributed by atoms with Crippen LogP contribution in [0.5, 0.6) is 0 Å². The van der Waals surface area contributed by atoms with E-state index in [9.17, 15) is 31.8 Å². The van der Waals surface area contributed by atoms with Gasteiger partial charge >= 0.3 is 6.18 Å². The van der Waals surface area contributed by atoms with Gasteiger partial charge in [-0.3, -0.25) is 0 Å². The van der Waals surface area contributed by atoms with Crippen molar-refractivity contribution in [3.8, 4) is 0 Å². The van der Waals surface area contributed by atoms with Crippen LogP contribution in [-0.2, 0) is 15.6 Å². The monoisotopic (exact) mass is 476 g/mol. The molecule has 1 aliphatic heterocycles. The van der Waals surface area contributed by atoms with Crippen LogP contribution in [0.15, 0.2) is 58.3 Å². The predicted octanol–water partition coefficient (Wildman–Crippen LogP) is 2.62. The fourth-order valence-corrected chi connectivity index (χ4v) is 5.55. The Labute approximate surface area is 184 Å². The summed E-state index contributed by atoms with van der Waals surface area (Å²) in [6.07, 6.45) is -4.83. The van der Waals surface area contributed by atoms with E-state index in [1.54, 1.807) is 23.1 Å². The molecule has 0 bridgehead atoms. The van der Waals surface area contributed by atoms with Crippen molar-refractivity contribution in [3.63, 3.8) is 0 Å². The topological polar surface area (TPSA) is 81.1 Å². The molecule has 1 aliphatic rings. The first-order valence-electron chi connectivity index (χ1n) is 9.45. The number of sulfonamides is 1. The Balaban J connectivity index is 1.81. The lowest BCUT2D eigenvalue weighted by atomic mass is 9.95. The van der Waals surface area contributed by atoms with Gasteiger partial charge in [-0.15, -0.1) is 12.6 Å². The molecule has 1 fully saturated rings. The molecule has 2 N–H and O–H groups in total. The van der Waals surface area contributed by atoms with Crippen LogP contribution in [0.1, 0.15) is 12.5 Å². The lowest BCUT2D eigenvalue weighted by molar-refractivity contribution is -0.258. The van der Waals surface area contributed by atoms with Crippen LogP contribution in [-0.4, -0.2) is 61.4 Å². The summed E-state index contributed by atoms with van der Waals surface area (Å²) in [5, 5.41) is 19.7. The van der Waals surface area contributed by atoms with Crippen LogP contribution in [0.4, 0.5) is 18.9 Å². The van der Waals surface area contributed by atoms with Gasteiger partial charge in [0.2, 0.25) is 10.0 Å². The number of nitrogens with zero attached hydrogens (tertiary/aromatic N) is 2. The van der Waals surface area contributed by atoms with Gasteiger partial charge in [-0.1, -0.05) is 24.3 Å². The fraction of sp³-hybridized carbons (Fsp3) is 0.400. The molecule has 11 heteroatoms. The Hall–Kier alpha value is -1.79. The van der Waals surface area contributed by atoms with Gasteiger partial charge in [0.05, 0.1) is 17.5 Å². The van der Waals surface area contributed by atoms with Crippen molar-refractivity contribution in [1.29, 1.82) is 0 Å². The molecule has 0 saturated carbocycles. The number of halogens is 3. The molecule has 2 aromatic rings. The van der Waals surface area contributed by atoms with Gasteiger partial charge in [0.25, 0.3) is 0 Å². The summed E-state index contributed by atoms with van der Waals surface area (Å²) >= 11 is 4.22. The summed E-state index contributed by atoms with van der Waals surface area (Å²) in [6, 6.07) is 10.9. The smallest absolute Gasteiger partial charge is 0.394 e. The Kier molecular flexibility index (Phi) is 6.64. The van der Waals surface area contributed by atoms with E-state index >= 15 is 0 Å². The van der Waals surface area contributed by atoms with E-state index in [4.69, 9.17) is 0 Å². The molecular formula is C20H23F3N2O4S2. The van der Waals surface area contributed by atoms with E-state index < -0.39 is 27.8 Å². The number of rotatable bonds is 5. The fourth-order valence-electron chi connectivity index (χ4n) is 3.50. The molecule has 1 unspecified atom stereocenters. The summed E-state index contributed by atoms with van der Waals surface area (Å²) in [7, 11) is -3.82. The number of anilines is 1. The number of alkyl halides is 3. The van der Waals surface area contributed by atoms with E-state index in [0.717, 1.165) is 0 Å².